The lowest BCUT2D eigenvalue weighted by atomic mass is 9.80. The van der Waals surface area contributed by atoms with Crippen LogP contribution in [-0.4, -0.2) is 66.2 Å². The first-order valence-corrected chi connectivity index (χ1v) is 13.1. The summed E-state index contributed by atoms with van der Waals surface area (Å²) in [5.41, 5.74) is -0.240. The van der Waals surface area contributed by atoms with Crippen molar-refractivity contribution in [3.8, 4) is 0 Å². The van der Waals surface area contributed by atoms with Gasteiger partial charge in [-0.25, -0.2) is 13.2 Å². The van der Waals surface area contributed by atoms with Crippen LogP contribution in [0.3, 0.4) is 0 Å². The molecule has 10 heteroatoms. The van der Waals surface area contributed by atoms with Crippen molar-refractivity contribution >= 4 is 39.0 Å². The summed E-state index contributed by atoms with van der Waals surface area (Å²) < 4.78 is 23.9. The van der Waals surface area contributed by atoms with Crippen molar-refractivity contribution in [1.82, 2.24) is 15.1 Å². The summed E-state index contributed by atoms with van der Waals surface area (Å²) in [6, 6.07) is 0.738. The lowest BCUT2D eigenvalue weighted by Gasteiger charge is -2.35. The molecule has 30 heavy (non-hydrogen) atoms. The number of thiophene rings is 1. The molecule has 164 valence electrons. The Hall–Kier alpha value is -1.94. The molecule has 0 aromatic carbocycles. The minimum atomic E-state index is -3.17. The third-order valence-corrected chi connectivity index (χ3v) is 9.32. The topological polar surface area (TPSA) is 104 Å². The van der Waals surface area contributed by atoms with Crippen molar-refractivity contribution < 1.29 is 22.8 Å². The number of carbonyl (C=O) groups is 3. The van der Waals surface area contributed by atoms with E-state index in [0.717, 1.165) is 28.2 Å². The average molecular weight is 454 g/mol. The lowest BCUT2D eigenvalue weighted by Crippen LogP contribution is -2.52. The fourth-order valence-corrected chi connectivity index (χ4v) is 7.61. The molecule has 0 saturated carbocycles. The fourth-order valence-electron chi connectivity index (χ4n) is 4.90. The molecule has 2 aliphatic heterocycles. The van der Waals surface area contributed by atoms with E-state index in [1.807, 2.05) is 25.3 Å². The molecule has 1 N–H and O–H groups in total. The van der Waals surface area contributed by atoms with E-state index in [1.165, 1.54) is 0 Å². The van der Waals surface area contributed by atoms with Crippen molar-refractivity contribution in [2.75, 3.05) is 18.1 Å². The van der Waals surface area contributed by atoms with Gasteiger partial charge in [-0.1, -0.05) is 6.92 Å². The Morgan fingerprint density at radius 1 is 1.43 bits per heavy atom. The Labute approximate surface area is 180 Å². The highest BCUT2D eigenvalue weighted by Gasteiger charge is 2.55. The number of carbonyl (C=O) groups excluding carboxylic acids is 3. The van der Waals surface area contributed by atoms with E-state index in [-0.39, 0.29) is 35.9 Å². The first kappa shape index (κ1) is 21.3. The van der Waals surface area contributed by atoms with Gasteiger partial charge in [0.25, 0.3) is 5.91 Å². The van der Waals surface area contributed by atoms with Crippen LogP contribution in [0.4, 0.5) is 4.79 Å². The number of hydrogen-bond acceptors (Lipinski definition) is 6. The van der Waals surface area contributed by atoms with Crippen LogP contribution in [0.5, 0.6) is 0 Å². The summed E-state index contributed by atoms with van der Waals surface area (Å²) in [6.07, 6.45) is 3.24. The predicted octanol–water partition coefficient (Wildman–Crippen LogP) is 1.65. The monoisotopic (exact) mass is 453 g/mol. The van der Waals surface area contributed by atoms with E-state index in [4.69, 9.17) is 0 Å². The van der Waals surface area contributed by atoms with Crippen LogP contribution in [0.2, 0.25) is 0 Å². The largest absolute Gasteiger partial charge is 0.334 e. The van der Waals surface area contributed by atoms with Crippen molar-refractivity contribution in [3.05, 3.63) is 21.9 Å². The molecule has 1 spiro atoms. The number of fused-ring (bicyclic) bond motifs is 2. The van der Waals surface area contributed by atoms with Crippen LogP contribution >= 0.6 is 11.3 Å². The van der Waals surface area contributed by atoms with E-state index < -0.39 is 27.4 Å². The number of rotatable bonds is 5. The van der Waals surface area contributed by atoms with E-state index >= 15 is 0 Å². The number of hydrogen-bond donors (Lipinski definition) is 1. The average Bonchev–Trinajstić information content (AvgIpc) is 3.37. The van der Waals surface area contributed by atoms with E-state index in [9.17, 15) is 22.8 Å². The smallest absolute Gasteiger partial charge is 0.325 e. The lowest BCUT2D eigenvalue weighted by molar-refractivity contribution is -0.142. The maximum Gasteiger partial charge on any atom is 0.325 e. The van der Waals surface area contributed by atoms with Gasteiger partial charge in [0.05, 0.1) is 11.5 Å². The number of sulfone groups is 1. The van der Waals surface area contributed by atoms with Crippen LogP contribution in [0.25, 0.3) is 0 Å². The van der Waals surface area contributed by atoms with Crippen molar-refractivity contribution in [1.29, 1.82) is 0 Å². The maximum absolute atomic E-state index is 13.4. The molecular formula is C20H27N3O5S2. The molecule has 0 unspecified atom stereocenters. The summed E-state index contributed by atoms with van der Waals surface area (Å²) >= 11 is 1.58. The Morgan fingerprint density at radius 2 is 2.20 bits per heavy atom. The summed E-state index contributed by atoms with van der Waals surface area (Å²) in [5, 5.41) is 4.79. The van der Waals surface area contributed by atoms with Crippen LogP contribution < -0.4 is 5.32 Å². The van der Waals surface area contributed by atoms with E-state index in [1.54, 1.807) is 16.2 Å². The molecule has 3 heterocycles. The number of nitrogens with zero attached hydrogens (tertiary/aromatic N) is 2. The van der Waals surface area contributed by atoms with Gasteiger partial charge in [0.2, 0.25) is 5.91 Å². The predicted molar refractivity (Wildman–Crippen MR) is 113 cm³/mol. The van der Waals surface area contributed by atoms with Gasteiger partial charge in [0, 0.05) is 22.5 Å². The highest BCUT2D eigenvalue weighted by atomic mass is 32.2. The molecule has 8 nitrogen and oxygen atoms in total. The Morgan fingerprint density at radius 3 is 2.87 bits per heavy atom. The molecule has 2 fully saturated rings. The molecule has 0 radical (unpaired) electrons. The second kappa shape index (κ2) is 7.64. The van der Waals surface area contributed by atoms with Crippen LogP contribution in [-0.2, 0) is 31.4 Å². The molecule has 1 aromatic heterocycles. The molecule has 1 aliphatic carbocycles. The van der Waals surface area contributed by atoms with Crippen molar-refractivity contribution in [2.24, 2.45) is 0 Å². The summed E-state index contributed by atoms with van der Waals surface area (Å²) in [7, 11) is -3.17. The Balaban J connectivity index is 1.57. The molecule has 0 bridgehead atoms. The molecule has 1 aromatic rings. The summed E-state index contributed by atoms with van der Waals surface area (Å²) in [4.78, 5) is 43.0. The Kier molecular flexibility index (Phi) is 5.42. The first-order valence-electron chi connectivity index (χ1n) is 10.4. The second-order valence-corrected chi connectivity index (χ2v) is 11.7. The van der Waals surface area contributed by atoms with E-state index in [2.05, 4.69) is 5.32 Å². The van der Waals surface area contributed by atoms with E-state index in [0.29, 0.717) is 19.3 Å². The second-order valence-electron chi connectivity index (χ2n) is 8.45. The highest BCUT2D eigenvalue weighted by Crippen LogP contribution is 2.42. The zero-order valence-electron chi connectivity index (χ0n) is 17.2. The fraction of sp³-hybridized carbons (Fsp3) is 0.650. The molecule has 3 aliphatic rings. The molecule has 3 atom stereocenters. The first-order chi connectivity index (χ1) is 14.2. The normalized spacial score (nSPS) is 28.5. The quantitative estimate of drug-likeness (QED) is 0.683. The van der Waals surface area contributed by atoms with Gasteiger partial charge in [-0.05, 0) is 50.5 Å². The zero-order chi connectivity index (χ0) is 21.7. The number of amides is 4. The van der Waals surface area contributed by atoms with Crippen LogP contribution in [0.1, 0.15) is 50.0 Å². The van der Waals surface area contributed by atoms with Gasteiger partial charge in [-0.3, -0.25) is 14.5 Å². The van der Waals surface area contributed by atoms with Crippen molar-refractivity contribution in [3.63, 3.8) is 0 Å². The molecule has 2 saturated heterocycles. The number of aryl methyl sites for hydroxylation is 1. The number of imide groups is 1. The van der Waals surface area contributed by atoms with Gasteiger partial charge < -0.3 is 10.2 Å². The molecular weight excluding hydrogens is 426 g/mol. The number of nitrogens with one attached hydrogen (secondary N) is 1. The Bertz CT molecular complexity index is 988. The molecule has 4 amide bonds. The van der Waals surface area contributed by atoms with Gasteiger partial charge in [0.1, 0.15) is 12.1 Å². The van der Waals surface area contributed by atoms with Gasteiger partial charge in [-0.15, -0.1) is 11.3 Å². The third kappa shape index (κ3) is 3.43. The van der Waals surface area contributed by atoms with Crippen LogP contribution in [0.15, 0.2) is 11.4 Å². The SMILES string of the molecule is CC[C@H](C)N(C(=O)CN1C(=O)N[C@@]2(CCCc3sccc32)C1=O)[C@@H]1CCS(=O)(=O)C1. The third-order valence-electron chi connectivity index (χ3n) is 6.59. The van der Waals surface area contributed by atoms with Gasteiger partial charge >= 0.3 is 6.03 Å². The highest BCUT2D eigenvalue weighted by molar-refractivity contribution is 7.91. The standard InChI is InChI=1S/C20H27N3O5S2/c1-3-13(2)23(14-7-10-30(27,28)12-14)17(24)11-22-18(25)20(21-19(22)26)8-4-5-16-15(20)6-9-29-16/h6,9,13-14H,3-5,7-8,10-12H2,1-2H3,(H,21,26)/t13-,14+,20+/m0/s1. The summed E-state index contributed by atoms with van der Waals surface area (Å²) in [6.45, 7) is 3.43. The van der Waals surface area contributed by atoms with Gasteiger partial charge in [0.15, 0.2) is 9.84 Å². The number of urea groups is 1. The summed E-state index contributed by atoms with van der Waals surface area (Å²) in [5.74, 6) is -0.770. The van der Waals surface area contributed by atoms with Crippen molar-refractivity contribution in [2.45, 2.75) is 63.6 Å². The maximum atomic E-state index is 13.4. The van der Waals surface area contributed by atoms with Gasteiger partial charge in [-0.2, -0.15) is 0 Å². The molecule has 4 rings (SSSR count). The zero-order valence-corrected chi connectivity index (χ0v) is 18.9. The minimum absolute atomic E-state index is 0.0606. The van der Waals surface area contributed by atoms with Crippen LogP contribution in [0, 0.1) is 0 Å². The minimum Gasteiger partial charge on any atom is -0.334 e.